The van der Waals surface area contributed by atoms with Crippen LogP contribution in [0.5, 0.6) is 0 Å². The number of nitrogens with one attached hydrogen (secondary N) is 2. The molecule has 1 amide bonds. The Morgan fingerprint density at radius 3 is 2.56 bits per heavy atom. The van der Waals surface area contributed by atoms with Gasteiger partial charge in [0.05, 0.1) is 22.0 Å². The molecule has 100 valence electrons. The molecule has 0 unspecified atom stereocenters. The van der Waals surface area contributed by atoms with E-state index in [1.807, 2.05) is 6.92 Å². The maximum atomic E-state index is 11.8. The van der Waals surface area contributed by atoms with E-state index in [-0.39, 0.29) is 5.91 Å². The van der Waals surface area contributed by atoms with Gasteiger partial charge in [0.25, 0.3) is 5.91 Å². The van der Waals surface area contributed by atoms with Gasteiger partial charge in [-0.2, -0.15) is 0 Å². The largest absolute Gasteiger partial charge is 0.397 e. The molecule has 0 spiro atoms. The second-order valence-corrected chi connectivity index (χ2v) is 4.51. The van der Waals surface area contributed by atoms with Gasteiger partial charge in [0.1, 0.15) is 0 Å². The summed E-state index contributed by atoms with van der Waals surface area (Å²) in [7, 11) is 0. The van der Waals surface area contributed by atoms with Gasteiger partial charge in [0.15, 0.2) is 0 Å². The molecule has 5 heteroatoms. The standard InChI is InChI=1S/C13H20ClN3O/c1-3-5-16-12-8-10(14)9(7-11(12)15)13(18)17-6-4-2/h7-8,16H,3-6,15H2,1-2H3,(H,17,18). The van der Waals surface area contributed by atoms with Gasteiger partial charge in [0.2, 0.25) is 0 Å². The van der Waals surface area contributed by atoms with Crippen molar-refractivity contribution in [3.63, 3.8) is 0 Å². The van der Waals surface area contributed by atoms with E-state index in [2.05, 4.69) is 17.6 Å². The molecule has 0 fully saturated rings. The summed E-state index contributed by atoms with van der Waals surface area (Å²) in [6, 6.07) is 3.32. The summed E-state index contributed by atoms with van der Waals surface area (Å²) in [6.45, 7) is 5.51. The molecule has 0 aromatic heterocycles. The number of halogens is 1. The van der Waals surface area contributed by atoms with E-state index < -0.39 is 0 Å². The van der Waals surface area contributed by atoms with Crippen molar-refractivity contribution < 1.29 is 4.79 Å². The molecular formula is C13H20ClN3O. The van der Waals surface area contributed by atoms with E-state index >= 15 is 0 Å². The molecule has 0 saturated heterocycles. The highest BCUT2D eigenvalue weighted by atomic mass is 35.5. The van der Waals surface area contributed by atoms with Gasteiger partial charge in [0, 0.05) is 13.1 Å². The maximum absolute atomic E-state index is 11.8. The minimum atomic E-state index is -0.185. The van der Waals surface area contributed by atoms with Gasteiger partial charge in [-0.1, -0.05) is 25.4 Å². The number of hydrogen-bond acceptors (Lipinski definition) is 3. The summed E-state index contributed by atoms with van der Waals surface area (Å²) < 4.78 is 0. The Kier molecular flexibility index (Phi) is 5.78. The molecule has 1 aromatic carbocycles. The number of rotatable bonds is 6. The normalized spacial score (nSPS) is 10.2. The smallest absolute Gasteiger partial charge is 0.252 e. The van der Waals surface area contributed by atoms with Gasteiger partial charge < -0.3 is 16.4 Å². The monoisotopic (exact) mass is 269 g/mol. The van der Waals surface area contributed by atoms with Crippen molar-refractivity contribution in [3.8, 4) is 0 Å². The van der Waals surface area contributed by atoms with Crippen LogP contribution in [0.1, 0.15) is 37.0 Å². The average Bonchev–Trinajstić information content (AvgIpc) is 2.36. The van der Waals surface area contributed by atoms with Gasteiger partial charge in [-0.15, -0.1) is 0 Å². The fraction of sp³-hybridized carbons (Fsp3) is 0.462. The fourth-order valence-corrected chi connectivity index (χ4v) is 1.76. The molecular weight excluding hydrogens is 250 g/mol. The molecule has 0 heterocycles. The van der Waals surface area contributed by atoms with Crippen molar-refractivity contribution in [1.82, 2.24) is 5.32 Å². The van der Waals surface area contributed by atoms with E-state index in [1.165, 1.54) is 0 Å². The summed E-state index contributed by atoms with van der Waals surface area (Å²) in [6.07, 6.45) is 1.88. The Morgan fingerprint density at radius 1 is 1.28 bits per heavy atom. The molecule has 18 heavy (non-hydrogen) atoms. The van der Waals surface area contributed by atoms with E-state index in [4.69, 9.17) is 17.3 Å². The summed E-state index contributed by atoms with van der Waals surface area (Å²) in [5.74, 6) is -0.185. The Labute approximate surface area is 113 Å². The highest BCUT2D eigenvalue weighted by Gasteiger charge is 2.12. The number of benzene rings is 1. The zero-order valence-electron chi connectivity index (χ0n) is 10.8. The van der Waals surface area contributed by atoms with Crippen LogP contribution in [0.2, 0.25) is 5.02 Å². The number of carbonyl (C=O) groups excluding carboxylic acids is 1. The molecule has 0 saturated carbocycles. The Bertz CT molecular complexity index is 421. The topological polar surface area (TPSA) is 67.2 Å². The van der Waals surface area contributed by atoms with Crippen molar-refractivity contribution >= 4 is 28.9 Å². The predicted octanol–water partition coefficient (Wildman–Crippen LogP) is 2.88. The van der Waals surface area contributed by atoms with Crippen LogP contribution in [0.25, 0.3) is 0 Å². The first kappa shape index (κ1) is 14.6. The summed E-state index contributed by atoms with van der Waals surface area (Å²) in [4.78, 5) is 11.8. The van der Waals surface area contributed by atoms with Crippen molar-refractivity contribution in [3.05, 3.63) is 22.7 Å². The number of amides is 1. The van der Waals surface area contributed by atoms with Gasteiger partial charge >= 0.3 is 0 Å². The quantitative estimate of drug-likeness (QED) is 0.696. The third-order valence-electron chi connectivity index (χ3n) is 2.48. The van der Waals surface area contributed by atoms with Gasteiger partial charge in [-0.25, -0.2) is 0 Å². The van der Waals surface area contributed by atoms with Crippen LogP contribution in [0.4, 0.5) is 11.4 Å². The van der Waals surface area contributed by atoms with E-state index in [9.17, 15) is 4.79 Å². The second kappa shape index (κ2) is 7.11. The lowest BCUT2D eigenvalue weighted by Gasteiger charge is -2.12. The first-order chi connectivity index (χ1) is 8.60. The molecule has 0 aliphatic carbocycles. The first-order valence-corrected chi connectivity index (χ1v) is 6.59. The van der Waals surface area contributed by atoms with Crippen LogP contribution < -0.4 is 16.4 Å². The molecule has 4 N–H and O–H groups in total. The Hall–Kier alpha value is -1.42. The van der Waals surface area contributed by atoms with Crippen LogP contribution in [0.3, 0.4) is 0 Å². The molecule has 1 aromatic rings. The lowest BCUT2D eigenvalue weighted by molar-refractivity contribution is 0.0954. The minimum Gasteiger partial charge on any atom is -0.397 e. The molecule has 0 radical (unpaired) electrons. The molecule has 1 rings (SSSR count). The second-order valence-electron chi connectivity index (χ2n) is 4.10. The van der Waals surface area contributed by atoms with Crippen LogP contribution >= 0.6 is 11.6 Å². The number of hydrogen-bond donors (Lipinski definition) is 3. The maximum Gasteiger partial charge on any atom is 0.252 e. The summed E-state index contributed by atoms with van der Waals surface area (Å²) >= 11 is 6.10. The van der Waals surface area contributed by atoms with E-state index in [0.717, 1.165) is 25.1 Å². The average molecular weight is 270 g/mol. The van der Waals surface area contributed by atoms with E-state index in [0.29, 0.717) is 22.8 Å². The third kappa shape index (κ3) is 3.81. The van der Waals surface area contributed by atoms with Crippen molar-refractivity contribution in [2.24, 2.45) is 0 Å². The van der Waals surface area contributed by atoms with Crippen molar-refractivity contribution in [1.29, 1.82) is 0 Å². The zero-order chi connectivity index (χ0) is 13.5. The number of carbonyl (C=O) groups is 1. The van der Waals surface area contributed by atoms with Crippen LogP contribution in [-0.2, 0) is 0 Å². The highest BCUT2D eigenvalue weighted by molar-refractivity contribution is 6.34. The highest BCUT2D eigenvalue weighted by Crippen LogP contribution is 2.27. The number of anilines is 2. The van der Waals surface area contributed by atoms with Crippen molar-refractivity contribution in [2.45, 2.75) is 26.7 Å². The Balaban J connectivity index is 2.88. The summed E-state index contributed by atoms with van der Waals surface area (Å²) in [5.41, 5.74) is 7.63. The molecule has 0 aliphatic rings. The molecule has 0 aliphatic heterocycles. The molecule has 0 atom stereocenters. The van der Waals surface area contributed by atoms with Crippen LogP contribution in [0.15, 0.2) is 12.1 Å². The summed E-state index contributed by atoms with van der Waals surface area (Å²) in [5, 5.41) is 6.36. The van der Waals surface area contributed by atoms with Gasteiger partial charge in [-0.3, -0.25) is 4.79 Å². The molecule has 0 bridgehead atoms. The lowest BCUT2D eigenvalue weighted by Crippen LogP contribution is -2.24. The zero-order valence-corrected chi connectivity index (χ0v) is 11.6. The van der Waals surface area contributed by atoms with E-state index in [1.54, 1.807) is 12.1 Å². The molecule has 4 nitrogen and oxygen atoms in total. The van der Waals surface area contributed by atoms with Crippen LogP contribution in [0, 0.1) is 0 Å². The SMILES string of the molecule is CCCNC(=O)c1cc(N)c(NCCC)cc1Cl. The van der Waals surface area contributed by atoms with Gasteiger partial charge in [-0.05, 0) is 25.0 Å². The van der Waals surface area contributed by atoms with Crippen molar-refractivity contribution in [2.75, 3.05) is 24.1 Å². The predicted molar refractivity (Wildman–Crippen MR) is 77.3 cm³/mol. The lowest BCUT2D eigenvalue weighted by atomic mass is 10.1. The third-order valence-corrected chi connectivity index (χ3v) is 2.80. The van der Waals surface area contributed by atoms with Crippen LogP contribution in [-0.4, -0.2) is 19.0 Å². The fourth-order valence-electron chi connectivity index (χ4n) is 1.51. The Morgan fingerprint density at radius 2 is 1.94 bits per heavy atom. The first-order valence-electron chi connectivity index (χ1n) is 6.21. The number of nitrogens with two attached hydrogens (primary N) is 1. The number of nitrogen functional groups attached to an aromatic ring is 1. The minimum absolute atomic E-state index is 0.185.